The molecule has 2 saturated carbocycles. The molecule has 0 unspecified atom stereocenters. The summed E-state index contributed by atoms with van der Waals surface area (Å²) in [6.07, 6.45) is 2.93. The summed E-state index contributed by atoms with van der Waals surface area (Å²) in [5.74, 6) is 0.625. The highest BCUT2D eigenvalue weighted by atomic mass is 16.3. The lowest BCUT2D eigenvalue weighted by Gasteiger charge is -2.39. The smallest absolute Gasteiger partial charge is 0.0671 e. The zero-order valence-corrected chi connectivity index (χ0v) is 7.88. The molecular formula is C10H18O2. The number of rotatable bonds is 1. The molecule has 2 rings (SSSR count). The van der Waals surface area contributed by atoms with Crippen LogP contribution in [0.25, 0.3) is 0 Å². The van der Waals surface area contributed by atoms with E-state index in [1.165, 1.54) is 6.42 Å². The van der Waals surface area contributed by atoms with E-state index in [1.54, 1.807) is 0 Å². The molecule has 0 aromatic heterocycles. The minimum absolute atomic E-state index is 0.0288. The molecule has 2 N–H and O–H groups in total. The monoisotopic (exact) mass is 170 g/mol. The van der Waals surface area contributed by atoms with Crippen LogP contribution in [0.4, 0.5) is 0 Å². The Labute approximate surface area is 73.6 Å². The van der Waals surface area contributed by atoms with Crippen LogP contribution in [0.15, 0.2) is 0 Å². The third kappa shape index (κ3) is 0.775. The summed E-state index contributed by atoms with van der Waals surface area (Å²) in [6.45, 7) is 4.41. The molecule has 0 aromatic rings. The van der Waals surface area contributed by atoms with Crippen LogP contribution in [0.5, 0.6) is 0 Å². The standard InChI is InChI=1S/C10H18O2/c1-9(2)7-3-4-10(5-7,6-11)8(9)12/h7-8,11-12H,3-6H2,1-2H3/t7-,8-,10+/m0/s1. The van der Waals surface area contributed by atoms with Gasteiger partial charge in [-0.05, 0) is 30.6 Å². The SMILES string of the molecule is CC1(C)[C@H]2CC[C@](CO)(C2)[C@H]1O. The average molecular weight is 170 g/mol. The molecule has 0 aliphatic heterocycles. The molecule has 2 bridgehead atoms. The van der Waals surface area contributed by atoms with Crippen LogP contribution in [0.1, 0.15) is 33.1 Å². The average Bonchev–Trinajstić information content (AvgIpc) is 2.53. The third-order valence-corrected chi connectivity index (χ3v) is 4.30. The maximum absolute atomic E-state index is 10.0. The van der Waals surface area contributed by atoms with Gasteiger partial charge in [0.2, 0.25) is 0 Å². The fourth-order valence-electron chi connectivity index (χ4n) is 3.28. The summed E-state index contributed by atoms with van der Waals surface area (Å²) in [5.41, 5.74) is -0.116. The number of hydrogen-bond acceptors (Lipinski definition) is 2. The van der Waals surface area contributed by atoms with Crippen LogP contribution < -0.4 is 0 Å². The molecule has 2 aliphatic carbocycles. The van der Waals surface area contributed by atoms with Gasteiger partial charge in [-0.3, -0.25) is 0 Å². The fraction of sp³-hybridized carbons (Fsp3) is 1.00. The molecule has 70 valence electrons. The molecular weight excluding hydrogens is 152 g/mol. The zero-order chi connectivity index (χ0) is 8.98. The highest BCUT2D eigenvalue weighted by Crippen LogP contribution is 2.62. The minimum Gasteiger partial charge on any atom is -0.396 e. The van der Waals surface area contributed by atoms with E-state index in [0.29, 0.717) is 5.92 Å². The Bertz CT molecular complexity index is 200. The fourth-order valence-corrected chi connectivity index (χ4v) is 3.28. The molecule has 0 heterocycles. The van der Waals surface area contributed by atoms with Crippen LogP contribution in [0.2, 0.25) is 0 Å². The number of hydrogen-bond donors (Lipinski definition) is 2. The van der Waals surface area contributed by atoms with E-state index < -0.39 is 0 Å². The lowest BCUT2D eigenvalue weighted by molar-refractivity contribution is -0.0635. The van der Waals surface area contributed by atoms with Crippen molar-refractivity contribution in [1.29, 1.82) is 0 Å². The highest BCUT2D eigenvalue weighted by molar-refractivity contribution is 5.10. The molecule has 2 heteroatoms. The van der Waals surface area contributed by atoms with Gasteiger partial charge in [0.25, 0.3) is 0 Å². The van der Waals surface area contributed by atoms with Crippen molar-refractivity contribution in [2.24, 2.45) is 16.7 Å². The molecule has 12 heavy (non-hydrogen) atoms. The van der Waals surface area contributed by atoms with E-state index in [0.717, 1.165) is 12.8 Å². The summed E-state index contributed by atoms with van der Waals surface area (Å²) in [7, 11) is 0. The van der Waals surface area contributed by atoms with Gasteiger partial charge in [0.05, 0.1) is 12.7 Å². The van der Waals surface area contributed by atoms with Gasteiger partial charge in [0.1, 0.15) is 0 Å². The van der Waals surface area contributed by atoms with E-state index in [4.69, 9.17) is 0 Å². The Kier molecular flexibility index (Phi) is 1.59. The van der Waals surface area contributed by atoms with Crippen molar-refractivity contribution in [1.82, 2.24) is 0 Å². The molecule has 0 amide bonds. The number of aliphatic hydroxyl groups is 2. The van der Waals surface area contributed by atoms with Crippen molar-refractivity contribution in [2.45, 2.75) is 39.2 Å². The Morgan fingerprint density at radius 3 is 2.42 bits per heavy atom. The Morgan fingerprint density at radius 1 is 1.42 bits per heavy atom. The van der Waals surface area contributed by atoms with Gasteiger partial charge in [-0.15, -0.1) is 0 Å². The summed E-state index contributed by atoms with van der Waals surface area (Å²) in [4.78, 5) is 0. The van der Waals surface area contributed by atoms with Crippen molar-refractivity contribution in [3.63, 3.8) is 0 Å². The van der Waals surface area contributed by atoms with Gasteiger partial charge in [-0.25, -0.2) is 0 Å². The number of fused-ring (bicyclic) bond motifs is 2. The second-order valence-corrected chi connectivity index (χ2v) is 5.18. The molecule has 0 radical (unpaired) electrons. The summed E-state index contributed by atoms with van der Waals surface area (Å²) in [6, 6.07) is 0. The van der Waals surface area contributed by atoms with Crippen molar-refractivity contribution in [2.75, 3.05) is 6.61 Å². The van der Waals surface area contributed by atoms with E-state index in [2.05, 4.69) is 13.8 Å². The Balaban J connectivity index is 2.32. The molecule has 0 spiro atoms. The Morgan fingerprint density at radius 2 is 2.08 bits per heavy atom. The van der Waals surface area contributed by atoms with Gasteiger partial charge >= 0.3 is 0 Å². The molecule has 2 fully saturated rings. The molecule has 2 nitrogen and oxygen atoms in total. The van der Waals surface area contributed by atoms with Gasteiger partial charge in [-0.1, -0.05) is 13.8 Å². The summed E-state index contributed by atoms with van der Waals surface area (Å²) < 4.78 is 0. The van der Waals surface area contributed by atoms with E-state index >= 15 is 0 Å². The van der Waals surface area contributed by atoms with Crippen molar-refractivity contribution in [3.8, 4) is 0 Å². The largest absolute Gasteiger partial charge is 0.396 e. The molecule has 3 atom stereocenters. The van der Waals surface area contributed by atoms with Gasteiger partial charge < -0.3 is 10.2 Å². The van der Waals surface area contributed by atoms with Crippen LogP contribution in [0.3, 0.4) is 0 Å². The van der Waals surface area contributed by atoms with E-state index in [1.807, 2.05) is 0 Å². The summed E-state index contributed by atoms with van der Waals surface area (Å²) >= 11 is 0. The van der Waals surface area contributed by atoms with E-state index in [-0.39, 0.29) is 23.5 Å². The first-order chi connectivity index (χ1) is 5.53. The minimum atomic E-state index is -0.297. The topological polar surface area (TPSA) is 40.5 Å². The maximum atomic E-state index is 10.0. The predicted octanol–water partition coefficient (Wildman–Crippen LogP) is 1.17. The highest BCUT2D eigenvalue weighted by Gasteiger charge is 2.60. The van der Waals surface area contributed by atoms with Gasteiger partial charge in [-0.2, -0.15) is 0 Å². The first-order valence-corrected chi connectivity index (χ1v) is 4.82. The lowest BCUT2D eigenvalue weighted by Crippen LogP contribution is -2.43. The van der Waals surface area contributed by atoms with Crippen LogP contribution in [-0.4, -0.2) is 22.9 Å². The first-order valence-electron chi connectivity index (χ1n) is 4.82. The molecule has 0 saturated heterocycles. The third-order valence-electron chi connectivity index (χ3n) is 4.30. The van der Waals surface area contributed by atoms with Crippen LogP contribution in [-0.2, 0) is 0 Å². The normalized spacial score (nSPS) is 50.0. The Hall–Kier alpha value is -0.0800. The maximum Gasteiger partial charge on any atom is 0.0671 e. The first kappa shape index (κ1) is 8.52. The van der Waals surface area contributed by atoms with Crippen molar-refractivity contribution < 1.29 is 10.2 Å². The van der Waals surface area contributed by atoms with Crippen molar-refractivity contribution in [3.05, 3.63) is 0 Å². The predicted molar refractivity (Wildman–Crippen MR) is 46.6 cm³/mol. The number of aliphatic hydroxyl groups excluding tert-OH is 2. The van der Waals surface area contributed by atoms with Crippen LogP contribution >= 0.6 is 0 Å². The van der Waals surface area contributed by atoms with Crippen LogP contribution in [0, 0.1) is 16.7 Å². The summed E-state index contributed by atoms with van der Waals surface area (Å²) in [5, 5.41) is 19.3. The quantitative estimate of drug-likeness (QED) is 0.620. The molecule has 2 aliphatic rings. The van der Waals surface area contributed by atoms with Crippen molar-refractivity contribution >= 4 is 0 Å². The lowest BCUT2D eigenvalue weighted by atomic mass is 9.70. The van der Waals surface area contributed by atoms with Gasteiger partial charge in [0.15, 0.2) is 0 Å². The van der Waals surface area contributed by atoms with Gasteiger partial charge in [0, 0.05) is 5.41 Å². The second-order valence-electron chi connectivity index (χ2n) is 5.18. The zero-order valence-electron chi connectivity index (χ0n) is 7.88. The molecule has 0 aromatic carbocycles. The second kappa shape index (κ2) is 2.24. The van der Waals surface area contributed by atoms with E-state index in [9.17, 15) is 10.2 Å².